The van der Waals surface area contributed by atoms with Crippen LogP contribution in [0.3, 0.4) is 0 Å². The number of likely N-dealkylation sites (tertiary alicyclic amines) is 1. The van der Waals surface area contributed by atoms with E-state index in [1.165, 1.54) is 11.3 Å². The molecule has 1 N–H and O–H groups in total. The number of benzene rings is 1. The van der Waals surface area contributed by atoms with Gasteiger partial charge in [-0.2, -0.15) is 10.1 Å². The summed E-state index contributed by atoms with van der Waals surface area (Å²) in [5.41, 5.74) is 2.45. The van der Waals surface area contributed by atoms with E-state index in [1.54, 1.807) is 0 Å². The Bertz CT molecular complexity index is 745. The van der Waals surface area contributed by atoms with Gasteiger partial charge in [0.15, 0.2) is 5.82 Å². The standard InChI is InChI=1S/C18H21N5O/c1-2-4-14(5-3-1)12-17-20-18(24-22-17)13-23-10-7-15(8-11-23)16-6-9-19-21-16/h1-6,9,15H,7-8,10-13H2,(H,19,21). The quantitative estimate of drug-likeness (QED) is 0.782. The fraction of sp³-hybridized carbons (Fsp3) is 0.389. The molecular weight excluding hydrogens is 302 g/mol. The second-order valence-corrected chi connectivity index (χ2v) is 6.33. The lowest BCUT2D eigenvalue weighted by atomic mass is 9.94. The molecule has 0 radical (unpaired) electrons. The van der Waals surface area contributed by atoms with Crippen molar-refractivity contribution >= 4 is 0 Å². The van der Waals surface area contributed by atoms with Crippen LogP contribution in [0.5, 0.6) is 0 Å². The van der Waals surface area contributed by atoms with E-state index in [9.17, 15) is 0 Å². The molecule has 0 aliphatic carbocycles. The van der Waals surface area contributed by atoms with E-state index >= 15 is 0 Å². The van der Waals surface area contributed by atoms with Gasteiger partial charge < -0.3 is 4.52 Å². The van der Waals surface area contributed by atoms with Gasteiger partial charge in [-0.15, -0.1) is 0 Å². The van der Waals surface area contributed by atoms with Crippen LogP contribution in [0.25, 0.3) is 0 Å². The molecule has 0 saturated carbocycles. The Hall–Kier alpha value is -2.47. The molecule has 0 unspecified atom stereocenters. The van der Waals surface area contributed by atoms with E-state index in [0.29, 0.717) is 18.2 Å². The lowest BCUT2D eigenvalue weighted by Gasteiger charge is -2.30. The Morgan fingerprint density at radius 3 is 2.71 bits per heavy atom. The molecule has 3 aromatic rings. The third-order valence-corrected chi connectivity index (χ3v) is 4.62. The molecule has 24 heavy (non-hydrogen) atoms. The maximum Gasteiger partial charge on any atom is 0.240 e. The van der Waals surface area contributed by atoms with Crippen LogP contribution in [0.2, 0.25) is 0 Å². The summed E-state index contributed by atoms with van der Waals surface area (Å²) in [4.78, 5) is 6.91. The molecule has 0 amide bonds. The monoisotopic (exact) mass is 323 g/mol. The van der Waals surface area contributed by atoms with Crippen LogP contribution >= 0.6 is 0 Å². The summed E-state index contributed by atoms with van der Waals surface area (Å²) in [5, 5.41) is 11.2. The number of nitrogens with one attached hydrogen (secondary N) is 1. The molecule has 6 nitrogen and oxygen atoms in total. The second-order valence-electron chi connectivity index (χ2n) is 6.33. The first-order valence-corrected chi connectivity index (χ1v) is 8.44. The first-order valence-electron chi connectivity index (χ1n) is 8.44. The van der Waals surface area contributed by atoms with E-state index in [-0.39, 0.29) is 0 Å². The molecule has 1 fully saturated rings. The van der Waals surface area contributed by atoms with Crippen LogP contribution < -0.4 is 0 Å². The molecule has 0 atom stereocenters. The molecule has 6 heteroatoms. The van der Waals surface area contributed by atoms with Crippen molar-refractivity contribution in [2.45, 2.75) is 31.7 Å². The van der Waals surface area contributed by atoms with Crippen LogP contribution in [-0.2, 0) is 13.0 Å². The molecule has 4 rings (SSSR count). The Morgan fingerprint density at radius 1 is 1.12 bits per heavy atom. The van der Waals surface area contributed by atoms with Gasteiger partial charge in [0.25, 0.3) is 0 Å². The number of aromatic amines is 1. The molecule has 1 aliphatic rings. The molecule has 1 aromatic carbocycles. The van der Waals surface area contributed by atoms with Crippen molar-refractivity contribution in [2.75, 3.05) is 13.1 Å². The lowest BCUT2D eigenvalue weighted by Crippen LogP contribution is -2.32. The number of piperidine rings is 1. The highest BCUT2D eigenvalue weighted by Gasteiger charge is 2.22. The van der Waals surface area contributed by atoms with Gasteiger partial charge in [0.2, 0.25) is 5.89 Å². The molecule has 1 aliphatic heterocycles. The van der Waals surface area contributed by atoms with Crippen molar-refractivity contribution in [1.82, 2.24) is 25.2 Å². The highest BCUT2D eigenvalue weighted by molar-refractivity contribution is 5.18. The lowest BCUT2D eigenvalue weighted by molar-refractivity contribution is 0.180. The number of H-pyrrole nitrogens is 1. The summed E-state index contributed by atoms with van der Waals surface area (Å²) in [6.07, 6.45) is 4.81. The van der Waals surface area contributed by atoms with E-state index in [1.807, 2.05) is 24.4 Å². The van der Waals surface area contributed by atoms with Gasteiger partial charge in [-0.1, -0.05) is 35.5 Å². The topological polar surface area (TPSA) is 70.8 Å². The minimum atomic E-state index is 0.583. The van der Waals surface area contributed by atoms with E-state index in [0.717, 1.165) is 38.3 Å². The molecule has 1 saturated heterocycles. The normalized spacial score (nSPS) is 16.5. The van der Waals surface area contributed by atoms with E-state index in [4.69, 9.17) is 4.52 Å². The molecule has 2 aromatic heterocycles. The van der Waals surface area contributed by atoms with E-state index in [2.05, 4.69) is 43.4 Å². The Morgan fingerprint density at radius 2 is 1.96 bits per heavy atom. The smallest absolute Gasteiger partial charge is 0.240 e. The predicted molar refractivity (Wildman–Crippen MR) is 89.4 cm³/mol. The van der Waals surface area contributed by atoms with Gasteiger partial charge >= 0.3 is 0 Å². The number of rotatable bonds is 5. The number of hydrogen-bond acceptors (Lipinski definition) is 5. The Labute approximate surface area is 140 Å². The third kappa shape index (κ3) is 3.54. The third-order valence-electron chi connectivity index (χ3n) is 4.62. The van der Waals surface area contributed by atoms with Crippen molar-refractivity contribution in [2.24, 2.45) is 0 Å². The van der Waals surface area contributed by atoms with Crippen molar-refractivity contribution < 1.29 is 4.52 Å². The van der Waals surface area contributed by atoms with Crippen molar-refractivity contribution in [3.05, 3.63) is 65.6 Å². The Balaban J connectivity index is 1.30. The maximum absolute atomic E-state index is 5.42. The maximum atomic E-state index is 5.42. The highest BCUT2D eigenvalue weighted by Crippen LogP contribution is 2.26. The van der Waals surface area contributed by atoms with Gasteiger partial charge in [-0.25, -0.2) is 0 Å². The Kier molecular flexibility index (Phi) is 4.38. The highest BCUT2D eigenvalue weighted by atomic mass is 16.5. The SMILES string of the molecule is c1ccc(Cc2noc(CN3CCC(c4ccn[nH]4)CC3)n2)cc1. The summed E-state index contributed by atoms with van der Waals surface area (Å²) >= 11 is 0. The summed E-state index contributed by atoms with van der Waals surface area (Å²) in [6.45, 7) is 2.82. The van der Waals surface area contributed by atoms with Crippen LogP contribution in [-0.4, -0.2) is 38.3 Å². The van der Waals surface area contributed by atoms with Gasteiger partial charge in [0.1, 0.15) is 0 Å². The second kappa shape index (κ2) is 6.97. The summed E-state index contributed by atoms with van der Waals surface area (Å²) in [6, 6.07) is 12.3. The molecular formula is C18H21N5O. The fourth-order valence-corrected chi connectivity index (χ4v) is 3.29. The van der Waals surface area contributed by atoms with Crippen molar-refractivity contribution in [1.29, 1.82) is 0 Å². The van der Waals surface area contributed by atoms with E-state index < -0.39 is 0 Å². The van der Waals surface area contributed by atoms with Gasteiger partial charge in [0, 0.05) is 24.2 Å². The van der Waals surface area contributed by atoms with Crippen LogP contribution in [0.15, 0.2) is 47.1 Å². The number of nitrogens with zero attached hydrogens (tertiary/aromatic N) is 4. The van der Waals surface area contributed by atoms with Gasteiger partial charge in [0.05, 0.1) is 6.54 Å². The summed E-state index contributed by atoms with van der Waals surface area (Å²) < 4.78 is 5.42. The molecule has 0 bridgehead atoms. The predicted octanol–water partition coefficient (Wildman–Crippen LogP) is 2.76. The van der Waals surface area contributed by atoms with Gasteiger partial charge in [-0.3, -0.25) is 10.00 Å². The van der Waals surface area contributed by atoms with Crippen LogP contribution in [0.1, 0.15) is 41.7 Å². The van der Waals surface area contributed by atoms with Gasteiger partial charge in [-0.05, 0) is 37.6 Å². The van der Waals surface area contributed by atoms with Crippen molar-refractivity contribution in [3.8, 4) is 0 Å². The zero-order valence-corrected chi connectivity index (χ0v) is 13.6. The molecule has 0 spiro atoms. The first kappa shape index (κ1) is 15.1. The zero-order valence-electron chi connectivity index (χ0n) is 13.6. The average Bonchev–Trinajstić information content (AvgIpc) is 3.29. The average molecular weight is 323 g/mol. The minimum absolute atomic E-state index is 0.583. The number of hydrogen-bond donors (Lipinski definition) is 1. The zero-order chi connectivity index (χ0) is 16.2. The van der Waals surface area contributed by atoms with Crippen molar-refractivity contribution in [3.63, 3.8) is 0 Å². The number of aromatic nitrogens is 4. The first-order chi connectivity index (χ1) is 11.9. The van der Waals surface area contributed by atoms with Crippen LogP contribution in [0, 0.1) is 0 Å². The largest absolute Gasteiger partial charge is 0.338 e. The molecule has 3 heterocycles. The summed E-state index contributed by atoms with van der Waals surface area (Å²) in [7, 11) is 0. The fourth-order valence-electron chi connectivity index (χ4n) is 3.29. The van der Waals surface area contributed by atoms with Crippen LogP contribution in [0.4, 0.5) is 0 Å². The summed E-state index contributed by atoms with van der Waals surface area (Å²) in [5.74, 6) is 2.05. The molecule has 124 valence electrons. The minimum Gasteiger partial charge on any atom is -0.338 e.